The molecule has 0 radical (unpaired) electrons. The average Bonchev–Trinajstić information content (AvgIpc) is 3.16. The maximum absolute atomic E-state index is 4.74. The van der Waals surface area contributed by atoms with Crippen molar-refractivity contribution in [1.82, 2.24) is 24.3 Å². The van der Waals surface area contributed by atoms with Crippen molar-refractivity contribution >= 4 is 44.1 Å². The maximum atomic E-state index is 4.74. The topological polar surface area (TPSA) is 48.5 Å². The fourth-order valence-corrected chi connectivity index (χ4v) is 4.56. The Balaban J connectivity index is 1.88. The van der Waals surface area contributed by atoms with Gasteiger partial charge in [0, 0.05) is 18.4 Å². The van der Waals surface area contributed by atoms with Crippen LogP contribution in [-0.4, -0.2) is 24.3 Å². The molecular formula is C16H14IN5S. The summed E-state index contributed by atoms with van der Waals surface area (Å²) in [5.41, 5.74) is 5.28. The number of thiazole rings is 1. The third-order valence-corrected chi connectivity index (χ3v) is 5.66. The van der Waals surface area contributed by atoms with Crippen LogP contribution in [0, 0.1) is 17.4 Å². The summed E-state index contributed by atoms with van der Waals surface area (Å²) in [6.45, 7) is 4.20. The van der Waals surface area contributed by atoms with Gasteiger partial charge in [-0.3, -0.25) is 14.2 Å². The fourth-order valence-electron chi connectivity index (χ4n) is 2.71. The number of pyridine rings is 1. The normalized spacial score (nSPS) is 11.5. The van der Waals surface area contributed by atoms with E-state index in [-0.39, 0.29) is 0 Å². The first-order valence-corrected chi connectivity index (χ1v) is 9.04. The van der Waals surface area contributed by atoms with Crippen LogP contribution in [0.4, 0.5) is 0 Å². The molecule has 23 heavy (non-hydrogen) atoms. The van der Waals surface area contributed by atoms with Crippen LogP contribution >= 0.6 is 33.9 Å². The molecule has 0 saturated heterocycles. The lowest BCUT2D eigenvalue weighted by Crippen LogP contribution is -1.97. The molecular weight excluding hydrogens is 421 g/mol. The molecule has 116 valence electrons. The second-order valence-corrected chi connectivity index (χ2v) is 7.62. The Kier molecular flexibility index (Phi) is 3.49. The molecule has 0 atom stereocenters. The number of hydrogen-bond donors (Lipinski definition) is 0. The maximum Gasteiger partial charge on any atom is 0.195 e. The highest BCUT2D eigenvalue weighted by atomic mass is 127. The van der Waals surface area contributed by atoms with Gasteiger partial charge in [-0.25, -0.2) is 4.98 Å². The Labute approximate surface area is 151 Å². The molecule has 0 aliphatic rings. The van der Waals surface area contributed by atoms with Crippen molar-refractivity contribution in [3.8, 4) is 16.5 Å². The summed E-state index contributed by atoms with van der Waals surface area (Å²) in [6, 6.07) is 6.33. The molecule has 0 aliphatic heterocycles. The molecule has 0 amide bonds. The quantitative estimate of drug-likeness (QED) is 0.446. The molecule has 4 rings (SSSR count). The van der Waals surface area contributed by atoms with Crippen molar-refractivity contribution in [2.75, 3.05) is 0 Å². The largest absolute Gasteiger partial charge is 0.295 e. The van der Waals surface area contributed by atoms with Gasteiger partial charge in [-0.1, -0.05) is 11.3 Å². The highest BCUT2D eigenvalue weighted by Gasteiger charge is 2.14. The van der Waals surface area contributed by atoms with Gasteiger partial charge in [0.2, 0.25) is 0 Å². The first kappa shape index (κ1) is 14.8. The van der Waals surface area contributed by atoms with Crippen molar-refractivity contribution in [3.05, 3.63) is 45.6 Å². The summed E-state index contributed by atoms with van der Waals surface area (Å²) in [7, 11) is 1.94. The third-order valence-electron chi connectivity index (χ3n) is 3.86. The van der Waals surface area contributed by atoms with Crippen LogP contribution in [0.25, 0.3) is 26.7 Å². The predicted molar refractivity (Wildman–Crippen MR) is 101 cm³/mol. The van der Waals surface area contributed by atoms with Gasteiger partial charge in [0.05, 0.1) is 32.1 Å². The zero-order chi connectivity index (χ0) is 16.1. The van der Waals surface area contributed by atoms with E-state index in [4.69, 9.17) is 4.98 Å². The Morgan fingerprint density at radius 2 is 1.87 bits per heavy atom. The minimum Gasteiger partial charge on any atom is -0.295 e. The molecule has 0 saturated carbocycles. The Bertz CT molecular complexity index is 943. The van der Waals surface area contributed by atoms with Gasteiger partial charge in [0.25, 0.3) is 0 Å². The highest BCUT2D eigenvalue weighted by Crippen LogP contribution is 2.31. The second-order valence-electron chi connectivity index (χ2n) is 5.45. The van der Waals surface area contributed by atoms with Crippen molar-refractivity contribution in [1.29, 1.82) is 0 Å². The van der Waals surface area contributed by atoms with E-state index in [0.717, 1.165) is 30.3 Å². The highest BCUT2D eigenvalue weighted by molar-refractivity contribution is 14.1. The number of nitrogens with zero attached hydrogens (tertiary/aromatic N) is 5. The molecule has 0 N–H and O–H groups in total. The zero-order valence-corrected chi connectivity index (χ0v) is 15.9. The van der Waals surface area contributed by atoms with Crippen LogP contribution < -0.4 is 0 Å². The van der Waals surface area contributed by atoms with Crippen LogP contribution in [0.5, 0.6) is 0 Å². The molecule has 0 spiro atoms. The minimum atomic E-state index is 0.929. The summed E-state index contributed by atoms with van der Waals surface area (Å²) in [5.74, 6) is 0. The van der Waals surface area contributed by atoms with Gasteiger partial charge in [-0.05, 0) is 54.6 Å². The molecule has 5 nitrogen and oxygen atoms in total. The first-order valence-electron chi connectivity index (χ1n) is 7.14. The number of aryl methyl sites for hydroxylation is 3. The molecule has 0 aliphatic carbocycles. The number of rotatable bonds is 2. The van der Waals surface area contributed by atoms with Crippen LogP contribution in [0.2, 0.25) is 0 Å². The van der Waals surface area contributed by atoms with Crippen LogP contribution in [0.1, 0.15) is 11.4 Å². The second kappa shape index (κ2) is 5.41. The molecule has 4 aromatic rings. The summed E-state index contributed by atoms with van der Waals surface area (Å²) in [6.07, 6.45) is 3.70. The molecule has 4 heterocycles. The minimum absolute atomic E-state index is 0.929. The van der Waals surface area contributed by atoms with Gasteiger partial charge in [0.1, 0.15) is 5.52 Å². The fraction of sp³-hybridized carbons (Fsp3) is 0.188. The number of aromatic nitrogens is 5. The molecule has 0 aromatic carbocycles. The van der Waals surface area contributed by atoms with E-state index < -0.39 is 0 Å². The Morgan fingerprint density at radius 1 is 1.13 bits per heavy atom. The van der Waals surface area contributed by atoms with Crippen LogP contribution in [0.15, 0.2) is 30.6 Å². The van der Waals surface area contributed by atoms with E-state index >= 15 is 0 Å². The van der Waals surface area contributed by atoms with Crippen molar-refractivity contribution in [2.24, 2.45) is 7.05 Å². The predicted octanol–water partition coefficient (Wildman–Crippen LogP) is 4.10. The monoisotopic (exact) mass is 435 g/mol. The molecule has 0 bridgehead atoms. The summed E-state index contributed by atoms with van der Waals surface area (Å²) < 4.78 is 6.27. The zero-order valence-electron chi connectivity index (χ0n) is 12.9. The van der Waals surface area contributed by atoms with Gasteiger partial charge in [-0.2, -0.15) is 5.10 Å². The van der Waals surface area contributed by atoms with E-state index in [1.165, 1.54) is 11.4 Å². The summed E-state index contributed by atoms with van der Waals surface area (Å²) in [5, 5.41) is 5.28. The van der Waals surface area contributed by atoms with E-state index in [9.17, 15) is 0 Å². The lowest BCUT2D eigenvalue weighted by atomic mass is 10.2. The molecule has 4 aromatic heterocycles. The van der Waals surface area contributed by atoms with Gasteiger partial charge >= 0.3 is 0 Å². The number of fused-ring (bicyclic) bond motifs is 1. The lowest BCUT2D eigenvalue weighted by Gasteiger charge is -2.03. The number of hydrogen-bond acceptors (Lipinski definition) is 4. The van der Waals surface area contributed by atoms with Crippen LogP contribution in [0.3, 0.4) is 0 Å². The van der Waals surface area contributed by atoms with E-state index in [0.29, 0.717) is 0 Å². The Morgan fingerprint density at radius 3 is 2.52 bits per heavy atom. The standard InChI is InChI=1S/C16H14IN5S/c1-9-4-5-10(2)22(9)16-20-13-8-18-12(6-14(13)23-16)15-11(17)7-19-21(15)3/h4-8H,1-3H3. The van der Waals surface area contributed by atoms with E-state index in [1.807, 2.05) is 24.1 Å². The van der Waals surface area contributed by atoms with E-state index in [2.05, 4.69) is 69.3 Å². The van der Waals surface area contributed by atoms with Gasteiger partial charge in [-0.15, -0.1) is 0 Å². The van der Waals surface area contributed by atoms with Gasteiger partial charge in [0.15, 0.2) is 5.13 Å². The SMILES string of the molecule is Cc1ccc(C)n1-c1nc2cnc(-c3c(I)cnn3C)cc2s1. The third kappa shape index (κ3) is 2.38. The number of halogens is 1. The van der Waals surface area contributed by atoms with Crippen molar-refractivity contribution < 1.29 is 0 Å². The van der Waals surface area contributed by atoms with Gasteiger partial charge < -0.3 is 0 Å². The Hall–Kier alpha value is -1.74. The summed E-state index contributed by atoms with van der Waals surface area (Å²) in [4.78, 5) is 9.32. The molecule has 0 unspecified atom stereocenters. The molecule has 7 heteroatoms. The smallest absolute Gasteiger partial charge is 0.195 e. The van der Waals surface area contributed by atoms with Crippen LogP contribution in [-0.2, 0) is 7.05 Å². The van der Waals surface area contributed by atoms with Crippen molar-refractivity contribution in [3.63, 3.8) is 0 Å². The summed E-state index contributed by atoms with van der Waals surface area (Å²) >= 11 is 3.98. The first-order chi connectivity index (χ1) is 11.0. The van der Waals surface area contributed by atoms with Crippen molar-refractivity contribution in [2.45, 2.75) is 13.8 Å². The average molecular weight is 435 g/mol. The lowest BCUT2D eigenvalue weighted by molar-refractivity contribution is 0.773. The van der Waals surface area contributed by atoms with E-state index in [1.54, 1.807) is 11.3 Å². The molecule has 0 fully saturated rings.